The van der Waals surface area contributed by atoms with E-state index in [0.717, 1.165) is 64.2 Å². The molecule has 0 aromatic rings. The van der Waals surface area contributed by atoms with Crippen LogP contribution in [-0.2, 0) is 28.6 Å². The summed E-state index contributed by atoms with van der Waals surface area (Å²) in [5.41, 5.74) is 0. The summed E-state index contributed by atoms with van der Waals surface area (Å²) in [7, 11) is 0. The summed E-state index contributed by atoms with van der Waals surface area (Å²) in [6, 6.07) is 0. The van der Waals surface area contributed by atoms with Gasteiger partial charge in [-0.1, -0.05) is 341 Å². The van der Waals surface area contributed by atoms with E-state index >= 15 is 0 Å². The van der Waals surface area contributed by atoms with Crippen LogP contribution in [0.15, 0.2) is 12.2 Å². The summed E-state index contributed by atoms with van der Waals surface area (Å²) in [4.78, 5) is 38.4. The number of ether oxygens (including phenoxy) is 3. The Bertz CT molecular complexity index is 1170. The quantitative estimate of drug-likeness (QED) is 0.0261. The first-order chi connectivity index (χ1) is 37.0. The molecule has 0 aromatic heterocycles. The van der Waals surface area contributed by atoms with Crippen LogP contribution in [0, 0.1) is 0 Å². The van der Waals surface area contributed by atoms with Crippen molar-refractivity contribution in [1.29, 1.82) is 0 Å². The van der Waals surface area contributed by atoms with Gasteiger partial charge in [0.1, 0.15) is 13.2 Å². The van der Waals surface area contributed by atoms with E-state index in [1.807, 2.05) is 0 Å². The highest BCUT2D eigenvalue weighted by Gasteiger charge is 2.19. The van der Waals surface area contributed by atoms with E-state index in [0.29, 0.717) is 19.3 Å². The largest absolute Gasteiger partial charge is 0.462 e. The molecule has 1 unspecified atom stereocenters. The molecule has 0 aliphatic carbocycles. The highest BCUT2D eigenvalue weighted by atomic mass is 16.6. The van der Waals surface area contributed by atoms with E-state index in [-0.39, 0.29) is 31.1 Å². The fourth-order valence-electron chi connectivity index (χ4n) is 10.6. The van der Waals surface area contributed by atoms with Gasteiger partial charge < -0.3 is 14.2 Å². The number of esters is 3. The number of hydrogen-bond donors (Lipinski definition) is 0. The molecule has 0 aliphatic heterocycles. The third-order valence-corrected chi connectivity index (χ3v) is 15.8. The third kappa shape index (κ3) is 62.9. The van der Waals surface area contributed by atoms with Gasteiger partial charge in [-0.25, -0.2) is 0 Å². The molecule has 0 spiro atoms. The van der Waals surface area contributed by atoms with Gasteiger partial charge in [-0.15, -0.1) is 0 Å². The zero-order chi connectivity index (χ0) is 54.3. The smallest absolute Gasteiger partial charge is 0.306 e. The standard InChI is InChI=1S/C69H132O6/c1-4-7-10-13-16-19-22-25-28-30-32-34-35-36-38-39-41-44-47-50-53-56-59-62-68(71)74-65-66(64-73-67(70)61-58-55-52-49-46-43-27-24-21-18-15-12-9-6-3)75-69(72)63-60-57-54-51-48-45-42-40-37-33-31-29-26-23-20-17-14-11-8-5-2/h24,27,66H,4-23,25-26,28-65H2,1-3H3/b27-24-. The minimum atomic E-state index is -0.769. The van der Waals surface area contributed by atoms with Crippen LogP contribution in [0.2, 0.25) is 0 Å². The van der Waals surface area contributed by atoms with E-state index in [9.17, 15) is 14.4 Å². The lowest BCUT2D eigenvalue weighted by Gasteiger charge is -2.18. The van der Waals surface area contributed by atoms with Crippen LogP contribution in [0.3, 0.4) is 0 Å². The topological polar surface area (TPSA) is 78.9 Å². The van der Waals surface area contributed by atoms with E-state index in [1.165, 1.54) is 289 Å². The van der Waals surface area contributed by atoms with Crippen LogP contribution in [0.4, 0.5) is 0 Å². The van der Waals surface area contributed by atoms with Crippen LogP contribution in [0.1, 0.15) is 393 Å². The summed E-state index contributed by atoms with van der Waals surface area (Å²) < 4.78 is 17.0. The molecule has 6 heteroatoms. The summed E-state index contributed by atoms with van der Waals surface area (Å²) in [6.45, 7) is 6.71. The van der Waals surface area contributed by atoms with E-state index in [2.05, 4.69) is 32.9 Å². The normalized spacial score (nSPS) is 12.0. The molecule has 75 heavy (non-hydrogen) atoms. The van der Waals surface area contributed by atoms with Gasteiger partial charge in [0.2, 0.25) is 0 Å². The number of carbonyl (C=O) groups is 3. The summed E-state index contributed by atoms with van der Waals surface area (Å²) in [6.07, 6.45) is 76.6. The van der Waals surface area contributed by atoms with E-state index in [1.54, 1.807) is 0 Å². The Hall–Kier alpha value is -1.85. The van der Waals surface area contributed by atoms with Crippen molar-refractivity contribution in [2.45, 2.75) is 399 Å². The van der Waals surface area contributed by atoms with Gasteiger partial charge in [-0.05, 0) is 44.9 Å². The van der Waals surface area contributed by atoms with Crippen LogP contribution in [0.25, 0.3) is 0 Å². The maximum atomic E-state index is 12.9. The molecule has 0 radical (unpaired) electrons. The van der Waals surface area contributed by atoms with Crippen molar-refractivity contribution < 1.29 is 28.6 Å². The van der Waals surface area contributed by atoms with Crippen molar-refractivity contribution in [2.75, 3.05) is 13.2 Å². The second-order valence-corrected chi connectivity index (χ2v) is 23.5. The van der Waals surface area contributed by atoms with Crippen molar-refractivity contribution in [1.82, 2.24) is 0 Å². The summed E-state index contributed by atoms with van der Waals surface area (Å²) in [5, 5.41) is 0. The van der Waals surface area contributed by atoms with E-state index in [4.69, 9.17) is 14.2 Å². The molecule has 6 nitrogen and oxygen atoms in total. The number of carbonyl (C=O) groups excluding carboxylic acids is 3. The molecule has 1 atom stereocenters. The Labute approximate surface area is 469 Å². The van der Waals surface area contributed by atoms with Gasteiger partial charge >= 0.3 is 17.9 Å². The number of allylic oxidation sites excluding steroid dienone is 2. The van der Waals surface area contributed by atoms with Gasteiger partial charge in [-0.2, -0.15) is 0 Å². The fraction of sp³-hybridized carbons (Fsp3) is 0.928. The van der Waals surface area contributed by atoms with Gasteiger partial charge in [0.25, 0.3) is 0 Å². The van der Waals surface area contributed by atoms with Gasteiger partial charge in [0.15, 0.2) is 6.10 Å². The lowest BCUT2D eigenvalue weighted by molar-refractivity contribution is -0.167. The SMILES string of the molecule is CCCCCCC/C=C\CCCCCCCC(=O)OCC(COC(=O)CCCCCCCCCCCCCCCCCCCCCCCCC)OC(=O)CCCCCCCCCCCCCCCCCCCCCC. The highest BCUT2D eigenvalue weighted by Crippen LogP contribution is 2.19. The van der Waals surface area contributed by atoms with Crippen LogP contribution in [-0.4, -0.2) is 37.2 Å². The average Bonchev–Trinajstić information content (AvgIpc) is 3.41. The second kappa shape index (κ2) is 64.7. The molecule has 0 heterocycles. The maximum absolute atomic E-state index is 12.9. The fourth-order valence-corrected chi connectivity index (χ4v) is 10.6. The minimum absolute atomic E-state index is 0.0657. The molecule has 0 N–H and O–H groups in total. The van der Waals surface area contributed by atoms with Gasteiger partial charge in [-0.3, -0.25) is 14.4 Å². The second-order valence-electron chi connectivity index (χ2n) is 23.5. The molecular weight excluding hydrogens is 925 g/mol. The van der Waals surface area contributed by atoms with Crippen molar-refractivity contribution in [3.05, 3.63) is 12.2 Å². The van der Waals surface area contributed by atoms with Crippen molar-refractivity contribution in [3.63, 3.8) is 0 Å². The molecular formula is C69H132O6. The first-order valence-corrected chi connectivity index (χ1v) is 34.2. The maximum Gasteiger partial charge on any atom is 0.306 e. The molecule has 0 aromatic carbocycles. The van der Waals surface area contributed by atoms with Crippen molar-refractivity contribution in [3.8, 4) is 0 Å². The molecule has 0 fully saturated rings. The average molecular weight is 1060 g/mol. The minimum Gasteiger partial charge on any atom is -0.462 e. The van der Waals surface area contributed by atoms with Crippen molar-refractivity contribution in [2.24, 2.45) is 0 Å². The van der Waals surface area contributed by atoms with E-state index < -0.39 is 6.10 Å². The first kappa shape index (κ1) is 73.2. The molecule has 0 rings (SSSR count). The predicted molar refractivity (Wildman–Crippen MR) is 326 cm³/mol. The molecule has 444 valence electrons. The van der Waals surface area contributed by atoms with Crippen LogP contribution in [0.5, 0.6) is 0 Å². The number of hydrogen-bond acceptors (Lipinski definition) is 6. The third-order valence-electron chi connectivity index (χ3n) is 15.8. The number of rotatable bonds is 64. The number of unbranched alkanes of at least 4 members (excludes halogenated alkanes) is 51. The van der Waals surface area contributed by atoms with Crippen LogP contribution >= 0.6 is 0 Å². The first-order valence-electron chi connectivity index (χ1n) is 34.2. The molecule has 0 saturated carbocycles. The summed E-state index contributed by atoms with van der Waals surface area (Å²) >= 11 is 0. The Morgan fingerprint density at radius 2 is 0.440 bits per heavy atom. The molecule has 0 amide bonds. The predicted octanol–water partition coefficient (Wildman–Crippen LogP) is 23.2. The zero-order valence-electron chi connectivity index (χ0n) is 51.1. The summed E-state index contributed by atoms with van der Waals surface area (Å²) in [5.74, 6) is -0.840. The highest BCUT2D eigenvalue weighted by molar-refractivity contribution is 5.71. The van der Waals surface area contributed by atoms with Crippen LogP contribution < -0.4 is 0 Å². The molecule has 0 saturated heterocycles. The lowest BCUT2D eigenvalue weighted by atomic mass is 10.0. The Morgan fingerprint density at radius 3 is 0.667 bits per heavy atom. The monoisotopic (exact) mass is 1060 g/mol. The zero-order valence-corrected chi connectivity index (χ0v) is 51.1. The molecule has 0 bridgehead atoms. The lowest BCUT2D eigenvalue weighted by Crippen LogP contribution is -2.30. The Morgan fingerprint density at radius 1 is 0.253 bits per heavy atom. The van der Waals surface area contributed by atoms with Gasteiger partial charge in [0, 0.05) is 19.3 Å². The Balaban J connectivity index is 4.24. The van der Waals surface area contributed by atoms with Crippen molar-refractivity contribution >= 4 is 17.9 Å². The van der Waals surface area contributed by atoms with Gasteiger partial charge in [0.05, 0.1) is 0 Å². The Kier molecular flexibility index (Phi) is 63.1. The molecule has 0 aliphatic rings.